The quantitative estimate of drug-likeness (QED) is 0.662. The van der Waals surface area contributed by atoms with Crippen molar-refractivity contribution in [1.29, 1.82) is 5.26 Å². The molecule has 0 saturated carbocycles. The van der Waals surface area contributed by atoms with Gasteiger partial charge >= 0.3 is 6.09 Å². The van der Waals surface area contributed by atoms with Crippen molar-refractivity contribution in [3.05, 3.63) is 57.2 Å². The van der Waals surface area contributed by atoms with Gasteiger partial charge in [0.1, 0.15) is 12.6 Å². The van der Waals surface area contributed by atoms with E-state index in [9.17, 15) is 14.9 Å². The highest BCUT2D eigenvalue weighted by Gasteiger charge is 2.26. The molecule has 2 amide bonds. The zero-order valence-corrected chi connectivity index (χ0v) is 17.2. The van der Waals surface area contributed by atoms with Crippen molar-refractivity contribution in [1.82, 2.24) is 10.6 Å². The van der Waals surface area contributed by atoms with Crippen LogP contribution in [-0.2, 0) is 16.1 Å². The monoisotopic (exact) mass is 419 g/mol. The highest BCUT2D eigenvalue weighted by Crippen LogP contribution is 2.26. The third-order valence-corrected chi connectivity index (χ3v) is 5.12. The minimum absolute atomic E-state index is 0.108. The number of hydrogen-bond acceptors (Lipinski definition) is 5. The average molecular weight is 420 g/mol. The van der Waals surface area contributed by atoms with Crippen molar-refractivity contribution in [2.75, 3.05) is 0 Å². The molecule has 0 aliphatic carbocycles. The van der Waals surface area contributed by atoms with Crippen LogP contribution in [0.25, 0.3) is 0 Å². The average Bonchev–Trinajstić information content (AvgIpc) is 3.10. The summed E-state index contributed by atoms with van der Waals surface area (Å²) in [7, 11) is 0. The van der Waals surface area contributed by atoms with Crippen molar-refractivity contribution in [2.45, 2.75) is 39.0 Å². The number of thiophene rings is 1. The highest BCUT2D eigenvalue weighted by molar-refractivity contribution is 7.16. The van der Waals surface area contributed by atoms with Crippen molar-refractivity contribution in [3.63, 3.8) is 0 Å². The first-order valence-electron chi connectivity index (χ1n) is 8.81. The number of ether oxygens (including phenoxy) is 1. The Kier molecular flexibility index (Phi) is 8.30. The number of rotatable bonds is 8. The summed E-state index contributed by atoms with van der Waals surface area (Å²) >= 11 is 7.13. The lowest BCUT2D eigenvalue weighted by Gasteiger charge is -2.21. The molecule has 2 atom stereocenters. The molecule has 6 nitrogen and oxygen atoms in total. The zero-order chi connectivity index (χ0) is 20.5. The molecule has 28 heavy (non-hydrogen) atoms. The van der Waals surface area contributed by atoms with Crippen molar-refractivity contribution >= 4 is 34.9 Å². The number of nitrogens with zero attached hydrogens (tertiary/aromatic N) is 1. The molecule has 0 spiro atoms. The van der Waals surface area contributed by atoms with Gasteiger partial charge in [-0.3, -0.25) is 4.79 Å². The Hall–Kier alpha value is -2.56. The fraction of sp³-hybridized carbons (Fsp3) is 0.350. The Morgan fingerprint density at radius 1 is 1.18 bits per heavy atom. The van der Waals surface area contributed by atoms with Gasteiger partial charge in [-0.15, -0.1) is 11.3 Å². The Morgan fingerprint density at radius 3 is 2.46 bits per heavy atom. The lowest BCUT2D eigenvalue weighted by atomic mass is 10.0. The SMILES string of the molecule is CC(C)C[C@H](NC(=O)OCc1ccccc1)C(=O)NC(C#N)c1ccc(Cl)s1. The Labute approximate surface area is 173 Å². The van der Waals surface area contributed by atoms with Crippen LogP contribution in [0.2, 0.25) is 4.34 Å². The van der Waals surface area contributed by atoms with E-state index in [2.05, 4.69) is 10.6 Å². The summed E-state index contributed by atoms with van der Waals surface area (Å²) in [6, 6.07) is 13.0. The van der Waals surface area contributed by atoms with Gasteiger partial charge in [-0.2, -0.15) is 5.26 Å². The normalized spacial score (nSPS) is 12.7. The standard InChI is InChI=1S/C20H22ClN3O3S/c1-13(2)10-15(24-20(26)27-12-14-6-4-3-5-7-14)19(25)23-16(11-22)17-8-9-18(21)28-17/h3-9,13,15-16H,10,12H2,1-2H3,(H,23,25)(H,24,26)/t15-,16?/m0/s1. The molecule has 1 unspecified atom stereocenters. The maximum absolute atomic E-state index is 12.7. The van der Waals surface area contributed by atoms with Crippen LogP contribution in [-0.4, -0.2) is 18.0 Å². The van der Waals surface area contributed by atoms with E-state index in [4.69, 9.17) is 16.3 Å². The molecule has 8 heteroatoms. The molecule has 0 bridgehead atoms. The van der Waals surface area contributed by atoms with Gasteiger partial charge in [-0.1, -0.05) is 55.8 Å². The minimum atomic E-state index is -0.832. The molecule has 2 aromatic rings. The predicted molar refractivity (Wildman–Crippen MR) is 109 cm³/mol. The topological polar surface area (TPSA) is 91.2 Å². The Bertz CT molecular complexity index is 833. The van der Waals surface area contributed by atoms with Crippen LogP contribution in [0.1, 0.15) is 36.8 Å². The van der Waals surface area contributed by atoms with Gasteiger partial charge in [0, 0.05) is 4.88 Å². The van der Waals surface area contributed by atoms with Crippen LogP contribution in [0, 0.1) is 17.2 Å². The van der Waals surface area contributed by atoms with E-state index >= 15 is 0 Å². The van der Waals surface area contributed by atoms with Crippen molar-refractivity contribution in [3.8, 4) is 6.07 Å². The van der Waals surface area contributed by atoms with Crippen LogP contribution in [0.15, 0.2) is 42.5 Å². The molecule has 1 aromatic heterocycles. The number of benzene rings is 1. The molecule has 1 heterocycles. The molecule has 0 saturated heterocycles. The fourth-order valence-corrected chi connectivity index (χ4v) is 3.56. The minimum Gasteiger partial charge on any atom is -0.445 e. The number of carbonyl (C=O) groups excluding carboxylic acids is 2. The molecule has 0 aliphatic rings. The smallest absolute Gasteiger partial charge is 0.408 e. The molecule has 0 fully saturated rings. The number of hydrogen-bond donors (Lipinski definition) is 2. The molecule has 2 rings (SSSR count). The van der Waals surface area contributed by atoms with Gasteiger partial charge in [-0.25, -0.2) is 4.79 Å². The molecule has 148 valence electrons. The summed E-state index contributed by atoms with van der Waals surface area (Å²) in [5.74, 6) is -0.289. The van der Waals surface area contributed by atoms with Gasteiger partial charge in [0.2, 0.25) is 5.91 Å². The largest absolute Gasteiger partial charge is 0.445 e. The van der Waals surface area contributed by atoms with E-state index in [1.165, 1.54) is 11.3 Å². The summed E-state index contributed by atoms with van der Waals surface area (Å²) in [5, 5.41) is 14.6. The second-order valence-corrected chi connectivity index (χ2v) is 8.35. The first kappa shape index (κ1) is 21.7. The van der Waals surface area contributed by atoms with Gasteiger partial charge in [-0.05, 0) is 30.0 Å². The van der Waals surface area contributed by atoms with Gasteiger partial charge in [0.05, 0.1) is 10.4 Å². The summed E-state index contributed by atoms with van der Waals surface area (Å²) in [6.45, 7) is 3.99. The summed E-state index contributed by atoms with van der Waals surface area (Å²) in [4.78, 5) is 25.5. The van der Waals surface area contributed by atoms with Crippen LogP contribution < -0.4 is 10.6 Å². The second-order valence-electron chi connectivity index (χ2n) is 6.60. The zero-order valence-electron chi connectivity index (χ0n) is 15.6. The number of nitrogens with one attached hydrogen (secondary N) is 2. The van der Waals surface area contributed by atoms with Gasteiger partial charge in [0.25, 0.3) is 0 Å². The maximum atomic E-state index is 12.7. The number of amides is 2. The lowest BCUT2D eigenvalue weighted by Crippen LogP contribution is -2.48. The van der Waals surface area contributed by atoms with E-state index in [0.717, 1.165) is 5.56 Å². The van der Waals surface area contributed by atoms with Crippen LogP contribution >= 0.6 is 22.9 Å². The number of nitriles is 1. The number of halogens is 1. The third kappa shape index (κ3) is 6.87. The molecule has 0 radical (unpaired) electrons. The van der Waals surface area contributed by atoms with E-state index in [-0.39, 0.29) is 12.5 Å². The van der Waals surface area contributed by atoms with Crippen LogP contribution in [0.3, 0.4) is 0 Å². The number of carbonyl (C=O) groups is 2. The second kappa shape index (κ2) is 10.7. The third-order valence-electron chi connectivity index (χ3n) is 3.82. The Morgan fingerprint density at radius 2 is 1.89 bits per heavy atom. The van der Waals surface area contributed by atoms with E-state index in [1.54, 1.807) is 12.1 Å². The van der Waals surface area contributed by atoms with E-state index in [0.29, 0.717) is 15.6 Å². The molecule has 0 aliphatic heterocycles. The first-order chi connectivity index (χ1) is 13.4. The molecular formula is C20H22ClN3O3S. The van der Waals surface area contributed by atoms with Crippen LogP contribution in [0.5, 0.6) is 0 Å². The summed E-state index contributed by atoms with van der Waals surface area (Å²) in [5.41, 5.74) is 0.849. The van der Waals surface area contributed by atoms with Gasteiger partial charge in [0.15, 0.2) is 6.04 Å². The van der Waals surface area contributed by atoms with E-state index < -0.39 is 24.1 Å². The van der Waals surface area contributed by atoms with Crippen molar-refractivity contribution in [2.24, 2.45) is 5.92 Å². The molecule has 1 aromatic carbocycles. The number of alkyl carbamates (subject to hydrolysis) is 1. The Balaban J connectivity index is 1.97. The summed E-state index contributed by atoms with van der Waals surface area (Å²) < 4.78 is 5.73. The van der Waals surface area contributed by atoms with Crippen LogP contribution in [0.4, 0.5) is 4.79 Å². The van der Waals surface area contributed by atoms with Gasteiger partial charge < -0.3 is 15.4 Å². The van der Waals surface area contributed by atoms with E-state index in [1.807, 2.05) is 50.2 Å². The molecule has 2 N–H and O–H groups in total. The summed E-state index contributed by atoms with van der Waals surface area (Å²) in [6.07, 6.45) is -0.271. The maximum Gasteiger partial charge on any atom is 0.408 e. The predicted octanol–water partition coefficient (Wildman–Crippen LogP) is 4.42. The van der Waals surface area contributed by atoms with Crippen molar-refractivity contribution < 1.29 is 14.3 Å². The molecular weight excluding hydrogens is 398 g/mol. The first-order valence-corrected chi connectivity index (χ1v) is 10.0. The highest BCUT2D eigenvalue weighted by atomic mass is 35.5. The fourth-order valence-electron chi connectivity index (χ4n) is 2.50. The lowest BCUT2D eigenvalue weighted by molar-refractivity contribution is -0.123.